The Labute approximate surface area is 162 Å². The number of aromatic nitrogens is 2. The van der Waals surface area contributed by atoms with Crippen LogP contribution in [0.15, 0.2) is 24.3 Å². The molecule has 4 nitrogen and oxygen atoms in total. The zero-order valence-corrected chi connectivity index (χ0v) is 16.9. The molecule has 1 aromatic carbocycles. The molecule has 27 heavy (non-hydrogen) atoms. The van der Waals surface area contributed by atoms with E-state index < -0.39 is 0 Å². The van der Waals surface area contributed by atoms with Crippen molar-refractivity contribution >= 4 is 5.91 Å². The Morgan fingerprint density at radius 3 is 2.48 bits per heavy atom. The normalized spacial score (nSPS) is 22.6. The molecule has 1 saturated carbocycles. The van der Waals surface area contributed by atoms with Gasteiger partial charge < -0.3 is 4.90 Å². The van der Waals surface area contributed by atoms with Gasteiger partial charge in [-0.25, -0.2) is 0 Å². The van der Waals surface area contributed by atoms with Crippen molar-refractivity contribution in [2.24, 2.45) is 11.8 Å². The molecule has 0 spiro atoms. The Morgan fingerprint density at radius 2 is 1.74 bits per heavy atom. The minimum absolute atomic E-state index is 0.184. The van der Waals surface area contributed by atoms with Crippen LogP contribution in [-0.4, -0.2) is 33.7 Å². The van der Waals surface area contributed by atoms with E-state index in [1.54, 1.807) is 0 Å². The molecule has 1 amide bonds. The van der Waals surface area contributed by atoms with Crippen LogP contribution in [-0.2, 0) is 6.54 Å². The minimum atomic E-state index is 0.184. The average molecular weight is 366 g/mol. The van der Waals surface area contributed by atoms with Gasteiger partial charge in [-0.2, -0.15) is 5.10 Å². The maximum atomic E-state index is 13.3. The number of likely N-dealkylation sites (tertiary alicyclic amines) is 1. The van der Waals surface area contributed by atoms with Gasteiger partial charge in [0.15, 0.2) is 0 Å². The molecule has 2 atom stereocenters. The third kappa shape index (κ3) is 3.67. The number of rotatable bonds is 3. The van der Waals surface area contributed by atoms with Gasteiger partial charge in [-0.05, 0) is 51.0 Å². The summed E-state index contributed by atoms with van der Waals surface area (Å²) in [6.07, 6.45) is 6.53. The van der Waals surface area contributed by atoms with Crippen LogP contribution in [0.3, 0.4) is 0 Å². The third-order valence-electron chi connectivity index (χ3n) is 6.63. The summed E-state index contributed by atoms with van der Waals surface area (Å²) in [4.78, 5) is 15.4. The predicted octanol–water partition coefficient (Wildman–Crippen LogP) is 4.51. The number of hydrogen-bond acceptors (Lipinski definition) is 2. The molecule has 0 radical (unpaired) electrons. The maximum absolute atomic E-state index is 13.3. The Balaban J connectivity index is 1.52. The van der Waals surface area contributed by atoms with Gasteiger partial charge in [-0.3, -0.25) is 9.48 Å². The summed E-state index contributed by atoms with van der Waals surface area (Å²) >= 11 is 0. The van der Waals surface area contributed by atoms with Gasteiger partial charge in [-0.15, -0.1) is 0 Å². The second kappa shape index (κ2) is 7.49. The molecule has 0 unspecified atom stereocenters. The van der Waals surface area contributed by atoms with Crippen LogP contribution in [0.1, 0.15) is 65.0 Å². The van der Waals surface area contributed by atoms with Gasteiger partial charge in [0, 0.05) is 18.8 Å². The average Bonchev–Trinajstić information content (AvgIpc) is 2.96. The number of benzene rings is 1. The molecule has 2 aliphatic rings. The summed E-state index contributed by atoms with van der Waals surface area (Å²) in [5, 5.41) is 4.69. The first-order valence-electron chi connectivity index (χ1n) is 10.4. The highest BCUT2D eigenvalue weighted by molar-refractivity contribution is 5.96. The van der Waals surface area contributed by atoms with E-state index in [-0.39, 0.29) is 5.91 Å². The molecule has 2 heterocycles. The molecule has 2 aromatic rings. The number of hydrogen-bond donors (Lipinski definition) is 0. The van der Waals surface area contributed by atoms with Crippen molar-refractivity contribution in [2.45, 2.75) is 59.4 Å². The zero-order valence-electron chi connectivity index (χ0n) is 16.9. The molecule has 1 aromatic heterocycles. The van der Waals surface area contributed by atoms with Gasteiger partial charge in [0.2, 0.25) is 0 Å². The molecule has 0 N–H and O–H groups in total. The third-order valence-corrected chi connectivity index (χ3v) is 6.63. The number of aryl methyl sites for hydroxylation is 2. The fourth-order valence-corrected chi connectivity index (χ4v) is 4.97. The van der Waals surface area contributed by atoms with Crippen LogP contribution < -0.4 is 0 Å². The van der Waals surface area contributed by atoms with Gasteiger partial charge >= 0.3 is 0 Å². The van der Waals surface area contributed by atoms with Crippen LogP contribution in [0.5, 0.6) is 0 Å². The van der Waals surface area contributed by atoms with Crippen LogP contribution >= 0.6 is 0 Å². The first-order valence-corrected chi connectivity index (χ1v) is 10.4. The SMILES string of the molecule is Cc1ccc(Cn2nc(C)c(C(=O)N3CC[C@H]4CCCC[C@@H]4C3)c2C)cc1. The minimum Gasteiger partial charge on any atom is -0.338 e. The predicted molar refractivity (Wildman–Crippen MR) is 108 cm³/mol. The van der Waals surface area contributed by atoms with Crippen LogP contribution in [0.25, 0.3) is 0 Å². The molecular formula is C23H31N3O. The van der Waals surface area contributed by atoms with Crippen molar-refractivity contribution < 1.29 is 4.79 Å². The van der Waals surface area contributed by atoms with Crippen molar-refractivity contribution in [3.8, 4) is 0 Å². The van der Waals surface area contributed by atoms with E-state index >= 15 is 0 Å². The van der Waals surface area contributed by atoms with E-state index in [1.807, 2.05) is 18.5 Å². The molecule has 1 aliphatic carbocycles. The van der Waals surface area contributed by atoms with Crippen molar-refractivity contribution in [1.82, 2.24) is 14.7 Å². The van der Waals surface area contributed by atoms with E-state index in [0.29, 0.717) is 12.5 Å². The second-order valence-electron chi connectivity index (χ2n) is 8.53. The van der Waals surface area contributed by atoms with Crippen molar-refractivity contribution in [3.05, 3.63) is 52.3 Å². The summed E-state index contributed by atoms with van der Waals surface area (Å²) in [5.41, 5.74) is 5.14. The summed E-state index contributed by atoms with van der Waals surface area (Å²) in [7, 11) is 0. The maximum Gasteiger partial charge on any atom is 0.257 e. The number of carbonyl (C=O) groups is 1. The summed E-state index contributed by atoms with van der Waals surface area (Å²) < 4.78 is 1.99. The highest BCUT2D eigenvalue weighted by Gasteiger charge is 2.34. The Morgan fingerprint density at radius 1 is 1.04 bits per heavy atom. The highest BCUT2D eigenvalue weighted by Crippen LogP contribution is 2.36. The quantitative estimate of drug-likeness (QED) is 0.803. The van der Waals surface area contributed by atoms with E-state index in [1.165, 1.54) is 43.2 Å². The number of fused-ring (bicyclic) bond motifs is 1. The lowest BCUT2D eigenvalue weighted by Crippen LogP contribution is -2.45. The Bertz CT molecular complexity index is 821. The fourth-order valence-electron chi connectivity index (χ4n) is 4.97. The van der Waals surface area contributed by atoms with Crippen LogP contribution in [0.2, 0.25) is 0 Å². The monoisotopic (exact) mass is 365 g/mol. The molecule has 4 heteroatoms. The molecule has 0 bridgehead atoms. The number of amides is 1. The summed E-state index contributed by atoms with van der Waals surface area (Å²) in [6, 6.07) is 8.53. The fraction of sp³-hybridized carbons (Fsp3) is 0.565. The first kappa shape index (κ1) is 18.3. The molecule has 4 rings (SSSR count). The molecule has 1 aliphatic heterocycles. The first-order chi connectivity index (χ1) is 13.0. The number of piperidine rings is 1. The van der Waals surface area contributed by atoms with Gasteiger partial charge in [0.05, 0.1) is 17.8 Å². The van der Waals surface area contributed by atoms with E-state index in [4.69, 9.17) is 5.10 Å². The lowest BCUT2D eigenvalue weighted by molar-refractivity contribution is 0.0519. The lowest BCUT2D eigenvalue weighted by atomic mass is 9.75. The smallest absolute Gasteiger partial charge is 0.257 e. The van der Waals surface area contributed by atoms with Crippen molar-refractivity contribution in [3.63, 3.8) is 0 Å². The number of nitrogens with zero attached hydrogens (tertiary/aromatic N) is 3. The summed E-state index contributed by atoms with van der Waals surface area (Å²) in [6.45, 7) is 8.66. The van der Waals surface area contributed by atoms with E-state index in [9.17, 15) is 4.79 Å². The van der Waals surface area contributed by atoms with Crippen molar-refractivity contribution in [2.75, 3.05) is 13.1 Å². The Hall–Kier alpha value is -2.10. The van der Waals surface area contributed by atoms with Gasteiger partial charge in [-0.1, -0.05) is 49.1 Å². The lowest BCUT2D eigenvalue weighted by Gasteiger charge is -2.41. The molecule has 2 fully saturated rings. The molecule has 1 saturated heterocycles. The number of carbonyl (C=O) groups excluding carboxylic acids is 1. The van der Waals surface area contributed by atoms with E-state index in [2.05, 4.69) is 36.1 Å². The Kier molecular flexibility index (Phi) is 5.07. The van der Waals surface area contributed by atoms with Gasteiger partial charge in [0.1, 0.15) is 0 Å². The molecule has 144 valence electrons. The molecular weight excluding hydrogens is 334 g/mol. The van der Waals surface area contributed by atoms with Gasteiger partial charge in [0.25, 0.3) is 5.91 Å². The largest absolute Gasteiger partial charge is 0.338 e. The zero-order chi connectivity index (χ0) is 19.0. The topological polar surface area (TPSA) is 38.1 Å². The summed E-state index contributed by atoms with van der Waals surface area (Å²) in [5.74, 6) is 1.73. The van der Waals surface area contributed by atoms with Crippen molar-refractivity contribution in [1.29, 1.82) is 0 Å². The van der Waals surface area contributed by atoms with Crippen LogP contribution in [0.4, 0.5) is 0 Å². The highest BCUT2D eigenvalue weighted by atomic mass is 16.2. The second-order valence-corrected chi connectivity index (χ2v) is 8.53. The standard InChI is InChI=1S/C23H31N3O/c1-16-8-10-19(11-9-16)14-26-18(3)22(17(2)24-26)23(27)25-13-12-20-6-4-5-7-21(20)15-25/h8-11,20-21H,4-7,12-15H2,1-3H3/t20-,21-/m1/s1. The van der Waals surface area contributed by atoms with E-state index in [0.717, 1.165) is 36.0 Å². The van der Waals surface area contributed by atoms with Crippen LogP contribution in [0, 0.1) is 32.6 Å².